The summed E-state index contributed by atoms with van der Waals surface area (Å²) in [6, 6.07) is 0. The van der Waals surface area contributed by atoms with Crippen molar-refractivity contribution in [2.45, 2.75) is 213 Å². The fraction of sp³-hybridized carbons (Fsp3) is 1.00. The summed E-state index contributed by atoms with van der Waals surface area (Å²) in [7, 11) is 0. The second-order valence-corrected chi connectivity index (χ2v) is 12.2. The van der Waals surface area contributed by atoms with Crippen molar-refractivity contribution in [3.8, 4) is 0 Å². The molecule has 0 radical (unpaired) electrons. The van der Waals surface area contributed by atoms with Crippen molar-refractivity contribution in [3.05, 3.63) is 0 Å². The number of rotatable bonds is 33. The first kappa shape index (κ1) is 41.0. The first-order chi connectivity index (χ1) is 19.3. The van der Waals surface area contributed by atoms with Crippen molar-refractivity contribution >= 4 is 0 Å². The molecule has 39 heavy (non-hydrogen) atoms. The maximum Gasteiger partial charge on any atom is 0.0238 e. The molecule has 0 saturated carbocycles. The van der Waals surface area contributed by atoms with Gasteiger partial charge in [-0.2, -0.15) is 5.06 Å². The minimum Gasteiger partial charge on any atom is -0.320 e. The molecule has 0 spiro atoms. The summed E-state index contributed by atoms with van der Waals surface area (Å²) >= 11 is 0. The zero-order chi connectivity index (χ0) is 28.9. The molecule has 0 amide bonds. The van der Waals surface area contributed by atoms with Crippen LogP contribution in [0.2, 0.25) is 0 Å². The van der Waals surface area contributed by atoms with Gasteiger partial charge in [0.15, 0.2) is 0 Å². The standard InChI is InChI=1S/C35H73NO.H3NO/c1-3-5-7-9-11-13-15-17-19-21-23-25-27-29-31-33-35-36(37)34-32-30-28-26-24-22-20-18-16-14-12-10-8-6-4-2;1-2/h37H,3-35H2,1-2H3;2H,1H2. The minimum atomic E-state index is 0.872. The number of hydrogen-bond donors (Lipinski definition) is 3. The van der Waals surface area contributed by atoms with Crippen LogP contribution in [0.1, 0.15) is 213 Å². The molecular weight excluding hydrogens is 480 g/mol. The maximum absolute atomic E-state index is 10.1. The van der Waals surface area contributed by atoms with Gasteiger partial charge in [0.25, 0.3) is 0 Å². The Morgan fingerprint density at radius 3 is 0.641 bits per heavy atom. The van der Waals surface area contributed by atoms with Crippen LogP contribution in [0, 0.1) is 0 Å². The molecule has 0 atom stereocenters. The molecule has 4 N–H and O–H groups in total. The fourth-order valence-electron chi connectivity index (χ4n) is 5.62. The predicted molar refractivity (Wildman–Crippen MR) is 174 cm³/mol. The third kappa shape index (κ3) is 40.0. The highest BCUT2D eigenvalue weighted by Crippen LogP contribution is 2.15. The van der Waals surface area contributed by atoms with Crippen molar-refractivity contribution in [2.24, 2.45) is 5.90 Å². The number of hydroxylamine groups is 2. The van der Waals surface area contributed by atoms with E-state index in [1.54, 1.807) is 5.06 Å². The van der Waals surface area contributed by atoms with E-state index < -0.39 is 0 Å². The van der Waals surface area contributed by atoms with Crippen molar-refractivity contribution in [1.82, 2.24) is 5.06 Å². The summed E-state index contributed by atoms with van der Waals surface area (Å²) in [5, 5.41) is 18.2. The van der Waals surface area contributed by atoms with E-state index >= 15 is 0 Å². The van der Waals surface area contributed by atoms with Gasteiger partial charge in [-0.05, 0) is 12.8 Å². The van der Waals surface area contributed by atoms with E-state index in [0.29, 0.717) is 0 Å². The van der Waals surface area contributed by atoms with Crippen LogP contribution in [-0.4, -0.2) is 28.6 Å². The SMILES string of the molecule is CCCCCCCCCCCCCCCCCCN(O)CCCCCCCCCCCCCCCCC.NO. The van der Waals surface area contributed by atoms with Gasteiger partial charge in [-0.15, -0.1) is 0 Å². The Hall–Kier alpha value is -0.160. The summed E-state index contributed by atoms with van der Waals surface area (Å²) in [6.45, 7) is 6.34. The lowest BCUT2D eigenvalue weighted by atomic mass is 10.0. The largest absolute Gasteiger partial charge is 0.320 e. The van der Waals surface area contributed by atoms with Gasteiger partial charge in [0, 0.05) is 13.1 Å². The number of hydrogen-bond acceptors (Lipinski definition) is 4. The molecule has 4 heteroatoms. The Morgan fingerprint density at radius 1 is 0.308 bits per heavy atom. The first-order valence-electron chi connectivity index (χ1n) is 18.0. The van der Waals surface area contributed by atoms with Crippen LogP contribution in [0.5, 0.6) is 0 Å². The van der Waals surface area contributed by atoms with Gasteiger partial charge in [0.2, 0.25) is 0 Å². The Labute approximate surface area is 247 Å². The molecule has 0 rings (SSSR count). The minimum absolute atomic E-state index is 0.872. The number of nitrogens with zero attached hydrogens (tertiary/aromatic N) is 1. The van der Waals surface area contributed by atoms with E-state index in [9.17, 15) is 5.21 Å². The third-order valence-corrected chi connectivity index (χ3v) is 8.29. The van der Waals surface area contributed by atoms with Gasteiger partial charge in [0.1, 0.15) is 0 Å². The Morgan fingerprint density at radius 2 is 0.462 bits per heavy atom. The zero-order valence-corrected chi connectivity index (χ0v) is 27.3. The summed E-state index contributed by atoms with van der Waals surface area (Å²) in [5.41, 5.74) is 0. The lowest BCUT2D eigenvalue weighted by Gasteiger charge is -2.14. The monoisotopic (exact) mass is 557 g/mol. The first-order valence-corrected chi connectivity index (χ1v) is 18.0. The van der Waals surface area contributed by atoms with Crippen molar-refractivity contribution in [2.75, 3.05) is 13.1 Å². The van der Waals surface area contributed by atoms with Crippen molar-refractivity contribution in [3.63, 3.8) is 0 Å². The van der Waals surface area contributed by atoms with Crippen LogP contribution < -0.4 is 5.90 Å². The average molecular weight is 557 g/mol. The molecule has 0 aliphatic carbocycles. The highest BCUT2D eigenvalue weighted by Gasteiger charge is 2.01. The van der Waals surface area contributed by atoms with Crippen LogP contribution in [0.25, 0.3) is 0 Å². The molecule has 0 heterocycles. The molecular formula is C35H76N2O2. The predicted octanol–water partition coefficient (Wildman–Crippen LogP) is 12.1. The Kier molecular flexibility index (Phi) is 42.0. The van der Waals surface area contributed by atoms with E-state index in [2.05, 4.69) is 19.7 Å². The van der Waals surface area contributed by atoms with Crippen LogP contribution >= 0.6 is 0 Å². The summed E-state index contributed by atoms with van der Waals surface area (Å²) in [6.07, 6.45) is 43.5. The van der Waals surface area contributed by atoms with E-state index in [0.717, 1.165) is 25.9 Å². The van der Waals surface area contributed by atoms with Crippen molar-refractivity contribution in [1.29, 1.82) is 0 Å². The molecule has 0 bridgehead atoms. The molecule has 0 aromatic heterocycles. The van der Waals surface area contributed by atoms with Crippen LogP contribution in [0.3, 0.4) is 0 Å². The fourth-order valence-corrected chi connectivity index (χ4v) is 5.62. The van der Waals surface area contributed by atoms with Gasteiger partial charge in [0.05, 0.1) is 0 Å². The number of nitrogens with two attached hydrogens (primary N) is 1. The van der Waals surface area contributed by atoms with E-state index in [1.807, 2.05) is 0 Å². The zero-order valence-electron chi connectivity index (χ0n) is 27.3. The van der Waals surface area contributed by atoms with Gasteiger partial charge in [-0.1, -0.05) is 200 Å². The highest BCUT2D eigenvalue weighted by atomic mass is 16.5. The van der Waals surface area contributed by atoms with Crippen LogP contribution in [0.15, 0.2) is 0 Å². The second kappa shape index (κ2) is 40.0. The second-order valence-electron chi connectivity index (χ2n) is 12.2. The molecule has 4 nitrogen and oxygen atoms in total. The quantitative estimate of drug-likeness (QED) is 0.0555. The van der Waals surface area contributed by atoms with Crippen LogP contribution in [0.4, 0.5) is 0 Å². The summed E-state index contributed by atoms with van der Waals surface area (Å²) in [4.78, 5) is 0. The van der Waals surface area contributed by atoms with Gasteiger partial charge in [-0.25, -0.2) is 5.90 Å². The molecule has 0 saturated heterocycles. The highest BCUT2D eigenvalue weighted by molar-refractivity contribution is 4.53. The molecule has 0 aliphatic heterocycles. The van der Waals surface area contributed by atoms with Gasteiger partial charge < -0.3 is 10.4 Å². The molecule has 0 unspecified atom stereocenters. The number of unbranched alkanes of at least 4 members (excludes halogenated alkanes) is 29. The van der Waals surface area contributed by atoms with E-state index in [1.165, 1.54) is 186 Å². The lowest BCUT2D eigenvalue weighted by Crippen LogP contribution is -2.21. The maximum atomic E-state index is 10.1. The average Bonchev–Trinajstić information content (AvgIpc) is 2.96. The van der Waals surface area contributed by atoms with E-state index in [4.69, 9.17) is 5.21 Å². The topological polar surface area (TPSA) is 69.7 Å². The summed E-state index contributed by atoms with van der Waals surface area (Å²) in [5.74, 6) is 3.50. The molecule has 0 aliphatic rings. The van der Waals surface area contributed by atoms with Crippen molar-refractivity contribution < 1.29 is 10.4 Å². The van der Waals surface area contributed by atoms with Crippen LogP contribution in [-0.2, 0) is 0 Å². The Bertz CT molecular complexity index is 395. The Balaban J connectivity index is 0. The third-order valence-electron chi connectivity index (χ3n) is 8.29. The normalized spacial score (nSPS) is 11.2. The summed E-state index contributed by atoms with van der Waals surface area (Å²) < 4.78 is 0. The molecule has 0 aromatic rings. The van der Waals surface area contributed by atoms with Gasteiger partial charge in [-0.3, -0.25) is 0 Å². The molecule has 0 aromatic carbocycles. The molecule has 238 valence electrons. The van der Waals surface area contributed by atoms with Gasteiger partial charge >= 0.3 is 0 Å². The molecule has 0 fully saturated rings. The smallest absolute Gasteiger partial charge is 0.0238 e. The lowest BCUT2D eigenvalue weighted by molar-refractivity contribution is -0.0925. The van der Waals surface area contributed by atoms with E-state index in [-0.39, 0.29) is 0 Å².